The van der Waals surface area contributed by atoms with Crippen LogP contribution < -0.4 is 5.32 Å². The average molecular weight is 494 g/mol. The monoisotopic (exact) mass is 493 g/mol. The number of hydrogen-bond donors (Lipinski definition) is 2. The van der Waals surface area contributed by atoms with Crippen molar-refractivity contribution in [3.05, 3.63) is 87.3 Å². The van der Waals surface area contributed by atoms with Crippen LogP contribution in [0.2, 0.25) is 0 Å². The maximum atomic E-state index is 12.5. The molecule has 2 aromatic carbocycles. The van der Waals surface area contributed by atoms with E-state index in [2.05, 4.69) is 31.3 Å². The van der Waals surface area contributed by atoms with Gasteiger partial charge in [-0.3, -0.25) is 4.79 Å². The lowest BCUT2D eigenvalue weighted by Crippen LogP contribution is -2.14. The van der Waals surface area contributed by atoms with Gasteiger partial charge in [0.2, 0.25) is 0 Å². The fraction of sp³-hybridized carbons (Fsp3) is 0.379. The van der Waals surface area contributed by atoms with E-state index in [9.17, 15) is 14.7 Å². The summed E-state index contributed by atoms with van der Waals surface area (Å²) in [5.41, 5.74) is 5.04. The molecule has 0 fully saturated rings. The molecule has 1 atom stereocenters. The molecule has 1 aliphatic rings. The number of aromatic carboxylic acids is 1. The molecule has 1 amide bonds. The number of amides is 1. The van der Waals surface area contributed by atoms with E-state index in [0.29, 0.717) is 10.6 Å². The SMILES string of the molecule is CCCCOCCC.Cc1ccc(C(=O)Nc2scc(C3CCc4ccccc43)c2C(=O)O)cc1. The van der Waals surface area contributed by atoms with Crippen LogP contribution in [0.5, 0.6) is 0 Å². The lowest BCUT2D eigenvalue weighted by atomic mass is 9.92. The Morgan fingerprint density at radius 3 is 2.46 bits per heavy atom. The normalized spacial score (nSPS) is 14.1. The molecule has 1 unspecified atom stereocenters. The summed E-state index contributed by atoms with van der Waals surface area (Å²) in [6, 6.07) is 15.4. The second-order valence-electron chi connectivity index (χ2n) is 8.78. The second-order valence-corrected chi connectivity index (χ2v) is 9.66. The Hall–Kier alpha value is -2.96. The Labute approximate surface area is 212 Å². The minimum atomic E-state index is -1.00. The first-order chi connectivity index (χ1) is 17.0. The van der Waals surface area contributed by atoms with Crippen molar-refractivity contribution in [1.82, 2.24) is 0 Å². The molecule has 0 bridgehead atoms. The Morgan fingerprint density at radius 1 is 1.03 bits per heavy atom. The Balaban J connectivity index is 0.000000371. The van der Waals surface area contributed by atoms with Crippen molar-refractivity contribution in [3.63, 3.8) is 0 Å². The van der Waals surface area contributed by atoms with Gasteiger partial charge in [-0.2, -0.15) is 0 Å². The number of carboxylic acid groups (broad SMARTS) is 1. The lowest BCUT2D eigenvalue weighted by molar-refractivity contribution is 0.0697. The summed E-state index contributed by atoms with van der Waals surface area (Å²) >= 11 is 1.28. The second kappa shape index (κ2) is 13.2. The fourth-order valence-electron chi connectivity index (χ4n) is 4.19. The molecule has 3 aromatic rings. The van der Waals surface area contributed by atoms with Crippen LogP contribution in [0.15, 0.2) is 53.9 Å². The number of nitrogens with one attached hydrogen (secondary N) is 1. The predicted molar refractivity (Wildman–Crippen MR) is 143 cm³/mol. The topological polar surface area (TPSA) is 75.6 Å². The van der Waals surface area contributed by atoms with Crippen LogP contribution in [0.25, 0.3) is 0 Å². The summed E-state index contributed by atoms with van der Waals surface area (Å²) in [5, 5.41) is 14.9. The van der Waals surface area contributed by atoms with Crippen molar-refractivity contribution in [3.8, 4) is 0 Å². The van der Waals surface area contributed by atoms with Gasteiger partial charge in [-0.1, -0.05) is 62.2 Å². The molecule has 1 heterocycles. The molecule has 0 radical (unpaired) electrons. The van der Waals surface area contributed by atoms with Crippen molar-refractivity contribution in [1.29, 1.82) is 0 Å². The van der Waals surface area contributed by atoms with E-state index in [-0.39, 0.29) is 17.4 Å². The van der Waals surface area contributed by atoms with E-state index in [1.165, 1.54) is 35.3 Å². The molecule has 5 nitrogen and oxygen atoms in total. The van der Waals surface area contributed by atoms with E-state index >= 15 is 0 Å². The predicted octanol–water partition coefficient (Wildman–Crippen LogP) is 7.30. The van der Waals surface area contributed by atoms with Crippen molar-refractivity contribution in [2.75, 3.05) is 18.5 Å². The molecule has 0 saturated heterocycles. The lowest BCUT2D eigenvalue weighted by Gasteiger charge is -2.12. The van der Waals surface area contributed by atoms with E-state index < -0.39 is 5.97 Å². The third kappa shape index (κ3) is 7.03. The van der Waals surface area contributed by atoms with Crippen LogP contribution in [0.3, 0.4) is 0 Å². The summed E-state index contributed by atoms with van der Waals surface area (Å²) in [6.07, 6.45) is 5.43. The largest absolute Gasteiger partial charge is 0.478 e. The number of anilines is 1. The number of ether oxygens (including phenoxy) is 1. The first-order valence-electron chi connectivity index (χ1n) is 12.3. The summed E-state index contributed by atoms with van der Waals surface area (Å²) in [4.78, 5) is 24.5. The molecule has 0 spiro atoms. The highest BCUT2D eigenvalue weighted by molar-refractivity contribution is 7.15. The van der Waals surface area contributed by atoms with Gasteiger partial charge < -0.3 is 15.2 Å². The molecule has 6 heteroatoms. The summed E-state index contributed by atoms with van der Waals surface area (Å²) < 4.78 is 5.22. The van der Waals surface area contributed by atoms with Gasteiger partial charge >= 0.3 is 5.97 Å². The molecule has 186 valence electrons. The minimum Gasteiger partial charge on any atom is -0.478 e. The number of aryl methyl sites for hydroxylation is 2. The highest BCUT2D eigenvalue weighted by Gasteiger charge is 2.30. The zero-order valence-corrected chi connectivity index (χ0v) is 21.6. The first kappa shape index (κ1) is 26.6. The minimum absolute atomic E-state index is 0.0635. The van der Waals surface area contributed by atoms with E-state index in [0.717, 1.165) is 43.6 Å². The smallest absolute Gasteiger partial charge is 0.339 e. The van der Waals surface area contributed by atoms with Crippen LogP contribution in [-0.2, 0) is 11.2 Å². The maximum Gasteiger partial charge on any atom is 0.339 e. The van der Waals surface area contributed by atoms with Crippen LogP contribution in [0.4, 0.5) is 5.00 Å². The van der Waals surface area contributed by atoms with E-state index in [1.54, 1.807) is 12.1 Å². The number of carboxylic acids is 1. The van der Waals surface area contributed by atoms with Gasteiger partial charge in [-0.15, -0.1) is 11.3 Å². The van der Waals surface area contributed by atoms with Gasteiger partial charge in [-0.05, 0) is 66.8 Å². The molecule has 1 aromatic heterocycles. The zero-order valence-electron chi connectivity index (χ0n) is 20.8. The molecule has 2 N–H and O–H groups in total. The molecule has 4 rings (SSSR count). The van der Waals surface area contributed by atoms with Crippen LogP contribution >= 0.6 is 11.3 Å². The third-order valence-corrected chi connectivity index (χ3v) is 6.99. The summed E-state index contributed by atoms with van der Waals surface area (Å²) in [7, 11) is 0. The quantitative estimate of drug-likeness (QED) is 0.307. The molecular weight excluding hydrogens is 458 g/mol. The first-order valence-corrected chi connectivity index (χ1v) is 13.2. The number of carbonyl (C=O) groups is 2. The average Bonchev–Trinajstić information content (AvgIpc) is 3.47. The maximum absolute atomic E-state index is 12.5. The van der Waals surface area contributed by atoms with Crippen LogP contribution in [-0.4, -0.2) is 30.2 Å². The van der Waals surface area contributed by atoms with Crippen molar-refractivity contribution in [2.45, 2.75) is 58.8 Å². The summed E-state index contributed by atoms with van der Waals surface area (Å²) in [5.74, 6) is -1.24. The number of rotatable bonds is 9. The van der Waals surface area contributed by atoms with E-state index in [1.807, 2.05) is 36.6 Å². The van der Waals surface area contributed by atoms with E-state index in [4.69, 9.17) is 4.74 Å². The van der Waals surface area contributed by atoms with Gasteiger partial charge in [0, 0.05) is 24.7 Å². The summed E-state index contributed by atoms with van der Waals surface area (Å²) in [6.45, 7) is 8.14. The molecule has 1 aliphatic carbocycles. The molecular formula is C29H35NO4S. The van der Waals surface area contributed by atoms with Crippen molar-refractivity contribution >= 4 is 28.2 Å². The van der Waals surface area contributed by atoms with Gasteiger partial charge in [-0.25, -0.2) is 4.79 Å². The Morgan fingerprint density at radius 2 is 1.77 bits per heavy atom. The van der Waals surface area contributed by atoms with Gasteiger partial charge in [0.15, 0.2) is 0 Å². The number of unbranched alkanes of at least 4 members (excludes halogenated alkanes) is 1. The standard InChI is InChI=1S/C22H19NO3S.C7H16O/c1-13-6-8-15(9-7-13)20(24)23-21-19(22(25)26)18(12-27-21)17-11-10-14-4-2-3-5-16(14)17;1-3-5-7-8-6-4-2/h2-9,12,17H,10-11H2,1H3,(H,23,24)(H,25,26);3-7H2,1-2H3. The highest BCUT2D eigenvalue weighted by Crippen LogP contribution is 2.43. The van der Waals surface area contributed by atoms with Gasteiger partial charge in [0.1, 0.15) is 5.00 Å². The number of benzene rings is 2. The van der Waals surface area contributed by atoms with Crippen molar-refractivity contribution in [2.24, 2.45) is 0 Å². The van der Waals surface area contributed by atoms with Crippen LogP contribution in [0, 0.1) is 6.92 Å². The number of thiophene rings is 1. The Kier molecular flexibility index (Phi) is 10.1. The third-order valence-electron chi connectivity index (χ3n) is 6.07. The van der Waals surface area contributed by atoms with Crippen LogP contribution in [0.1, 0.15) is 88.4 Å². The van der Waals surface area contributed by atoms with Gasteiger partial charge in [0.25, 0.3) is 5.91 Å². The number of carbonyl (C=O) groups excluding carboxylic acids is 1. The molecule has 0 saturated carbocycles. The highest BCUT2D eigenvalue weighted by atomic mass is 32.1. The van der Waals surface area contributed by atoms with Crippen molar-refractivity contribution < 1.29 is 19.4 Å². The number of fused-ring (bicyclic) bond motifs is 1. The van der Waals surface area contributed by atoms with Gasteiger partial charge in [0.05, 0.1) is 5.56 Å². The molecule has 0 aliphatic heterocycles. The number of hydrogen-bond acceptors (Lipinski definition) is 4. The zero-order chi connectivity index (χ0) is 25.2. The fourth-order valence-corrected chi connectivity index (χ4v) is 5.20. The Bertz CT molecular complexity index is 1110. The molecule has 35 heavy (non-hydrogen) atoms.